The van der Waals surface area contributed by atoms with E-state index >= 15 is 0 Å². The summed E-state index contributed by atoms with van der Waals surface area (Å²) in [4.78, 5) is 21.0. The lowest BCUT2D eigenvalue weighted by Crippen LogP contribution is -2.49. The fourth-order valence-corrected chi connectivity index (χ4v) is 2.95. The van der Waals surface area contributed by atoms with E-state index in [0.717, 1.165) is 44.9 Å². The van der Waals surface area contributed by atoms with Crippen LogP contribution in [0.5, 0.6) is 5.75 Å². The van der Waals surface area contributed by atoms with Crippen LogP contribution in [0.15, 0.2) is 48.8 Å². The van der Waals surface area contributed by atoms with E-state index in [9.17, 15) is 4.79 Å². The monoisotopic (exact) mass is 361 g/mol. The van der Waals surface area contributed by atoms with E-state index in [1.54, 1.807) is 13.2 Å². The lowest BCUT2D eigenvalue weighted by Gasteiger charge is -2.34. The molecule has 0 N–H and O–H groups in total. The maximum atomic E-state index is 12.6. The largest absolute Gasteiger partial charge is 0.497 e. The van der Waals surface area contributed by atoms with Gasteiger partial charge < -0.3 is 9.64 Å². The first-order valence-corrected chi connectivity index (χ1v) is 8.31. The first kappa shape index (κ1) is 19.2. The quantitative estimate of drug-likeness (QED) is 0.821. The van der Waals surface area contributed by atoms with Crippen molar-refractivity contribution in [2.75, 3.05) is 39.8 Å². The van der Waals surface area contributed by atoms with Gasteiger partial charge in [0.15, 0.2) is 0 Å². The molecule has 0 aliphatic carbocycles. The molecule has 0 unspecified atom stereocenters. The van der Waals surface area contributed by atoms with E-state index in [0.29, 0.717) is 5.56 Å². The van der Waals surface area contributed by atoms with Gasteiger partial charge in [0.2, 0.25) is 0 Å². The number of benzene rings is 1. The summed E-state index contributed by atoms with van der Waals surface area (Å²) in [6.07, 6.45) is 4.69. The highest BCUT2D eigenvalue weighted by Gasteiger charge is 2.22. The number of rotatable bonds is 5. The molecule has 1 fully saturated rings. The number of halogens is 1. The van der Waals surface area contributed by atoms with E-state index < -0.39 is 0 Å². The molecule has 5 nitrogen and oxygen atoms in total. The maximum Gasteiger partial charge on any atom is 0.254 e. The second-order valence-electron chi connectivity index (χ2n) is 5.97. The molecule has 1 amide bonds. The molecule has 0 radical (unpaired) electrons. The number of carbonyl (C=O) groups is 1. The number of hydrogen-bond acceptors (Lipinski definition) is 4. The van der Waals surface area contributed by atoms with Crippen LogP contribution in [0.25, 0.3) is 0 Å². The molecule has 1 aromatic carbocycles. The predicted octanol–water partition coefficient (Wildman–Crippen LogP) is 2.51. The number of hydrogen-bond donors (Lipinski definition) is 0. The zero-order chi connectivity index (χ0) is 16.8. The van der Waals surface area contributed by atoms with Gasteiger partial charge in [-0.2, -0.15) is 0 Å². The Labute approximate surface area is 155 Å². The minimum absolute atomic E-state index is 0. The average molecular weight is 362 g/mol. The Bertz CT molecular complexity index is 673. The molecule has 0 saturated carbocycles. The molecule has 1 aliphatic rings. The molecule has 2 heterocycles. The fourth-order valence-electron chi connectivity index (χ4n) is 2.95. The van der Waals surface area contributed by atoms with Gasteiger partial charge in [0.05, 0.1) is 7.11 Å². The van der Waals surface area contributed by atoms with Gasteiger partial charge >= 0.3 is 0 Å². The molecule has 1 aliphatic heterocycles. The van der Waals surface area contributed by atoms with Crippen LogP contribution in [-0.2, 0) is 6.42 Å². The molecule has 3 rings (SSSR count). The van der Waals surface area contributed by atoms with Gasteiger partial charge in [-0.3, -0.25) is 14.7 Å². The summed E-state index contributed by atoms with van der Waals surface area (Å²) in [5.74, 6) is 0.805. The number of amides is 1. The molecular formula is C19H24ClN3O2. The molecule has 134 valence electrons. The Hall–Kier alpha value is -2.11. The van der Waals surface area contributed by atoms with Gasteiger partial charge in [-0.05, 0) is 42.3 Å². The number of piperazine rings is 1. The summed E-state index contributed by atoms with van der Waals surface area (Å²) in [5, 5.41) is 0. The van der Waals surface area contributed by atoms with Gasteiger partial charge in [0.1, 0.15) is 5.75 Å². The standard InChI is InChI=1S/C19H23N3O2.ClH/c1-24-18-4-2-3-17(15-18)19(23)22-13-11-21(12-14-22)10-7-16-5-8-20-9-6-16;/h2-6,8-9,15H,7,10-14H2,1H3;1H. The van der Waals surface area contributed by atoms with E-state index in [1.807, 2.05) is 35.5 Å². The van der Waals surface area contributed by atoms with Crippen molar-refractivity contribution >= 4 is 18.3 Å². The summed E-state index contributed by atoms with van der Waals surface area (Å²) in [7, 11) is 1.62. The van der Waals surface area contributed by atoms with Crippen molar-refractivity contribution < 1.29 is 9.53 Å². The van der Waals surface area contributed by atoms with Crippen molar-refractivity contribution in [3.05, 3.63) is 59.9 Å². The SMILES string of the molecule is COc1cccc(C(=O)N2CCN(CCc3ccncc3)CC2)c1.Cl. The van der Waals surface area contributed by atoms with E-state index in [2.05, 4.69) is 22.0 Å². The summed E-state index contributed by atoms with van der Waals surface area (Å²) < 4.78 is 5.20. The number of carbonyl (C=O) groups excluding carboxylic acids is 1. The number of nitrogens with zero attached hydrogens (tertiary/aromatic N) is 3. The van der Waals surface area contributed by atoms with Crippen molar-refractivity contribution in [2.24, 2.45) is 0 Å². The van der Waals surface area contributed by atoms with Crippen LogP contribution in [0.3, 0.4) is 0 Å². The van der Waals surface area contributed by atoms with Crippen molar-refractivity contribution in [1.29, 1.82) is 0 Å². The predicted molar refractivity (Wildman–Crippen MR) is 101 cm³/mol. The summed E-state index contributed by atoms with van der Waals surface area (Å²) >= 11 is 0. The topological polar surface area (TPSA) is 45.7 Å². The van der Waals surface area contributed by atoms with Crippen molar-refractivity contribution in [3.8, 4) is 5.75 Å². The molecule has 0 spiro atoms. The third kappa shape index (κ3) is 5.18. The number of methoxy groups -OCH3 is 1. The highest BCUT2D eigenvalue weighted by molar-refractivity contribution is 5.94. The third-order valence-corrected chi connectivity index (χ3v) is 4.44. The molecule has 0 bridgehead atoms. The van der Waals surface area contributed by atoms with Crippen LogP contribution in [0.4, 0.5) is 0 Å². The molecule has 2 aromatic rings. The van der Waals surface area contributed by atoms with E-state index in [4.69, 9.17) is 4.74 Å². The van der Waals surface area contributed by atoms with Gasteiger partial charge in [0.25, 0.3) is 5.91 Å². The van der Waals surface area contributed by atoms with Crippen LogP contribution in [0.1, 0.15) is 15.9 Å². The summed E-state index contributed by atoms with van der Waals surface area (Å²) in [6, 6.07) is 11.5. The average Bonchev–Trinajstić information content (AvgIpc) is 2.67. The van der Waals surface area contributed by atoms with Crippen LogP contribution in [0.2, 0.25) is 0 Å². The van der Waals surface area contributed by atoms with Crippen molar-refractivity contribution in [3.63, 3.8) is 0 Å². The first-order chi connectivity index (χ1) is 11.8. The zero-order valence-electron chi connectivity index (χ0n) is 14.4. The van der Waals surface area contributed by atoms with Gasteiger partial charge in [-0.15, -0.1) is 12.4 Å². The van der Waals surface area contributed by atoms with Crippen LogP contribution < -0.4 is 4.74 Å². The second kappa shape index (κ2) is 9.39. The first-order valence-electron chi connectivity index (χ1n) is 8.31. The van der Waals surface area contributed by atoms with Gasteiger partial charge in [-0.1, -0.05) is 6.07 Å². The normalized spacial score (nSPS) is 14.7. The van der Waals surface area contributed by atoms with Crippen LogP contribution in [-0.4, -0.2) is 60.5 Å². The molecule has 1 saturated heterocycles. The van der Waals surface area contributed by atoms with Crippen LogP contribution in [0, 0.1) is 0 Å². The molecule has 1 aromatic heterocycles. The van der Waals surface area contributed by atoms with E-state index in [1.165, 1.54) is 5.56 Å². The Kier molecular flexibility index (Phi) is 7.22. The summed E-state index contributed by atoms with van der Waals surface area (Å²) in [6.45, 7) is 4.39. The second-order valence-corrected chi connectivity index (χ2v) is 5.97. The minimum Gasteiger partial charge on any atom is -0.497 e. The molecule has 6 heteroatoms. The Morgan fingerprint density at radius 2 is 1.84 bits per heavy atom. The van der Waals surface area contributed by atoms with Crippen molar-refractivity contribution in [2.45, 2.75) is 6.42 Å². The molecule has 0 atom stereocenters. The third-order valence-electron chi connectivity index (χ3n) is 4.44. The number of pyridine rings is 1. The smallest absolute Gasteiger partial charge is 0.254 e. The van der Waals surface area contributed by atoms with Gasteiger partial charge in [-0.25, -0.2) is 0 Å². The highest BCUT2D eigenvalue weighted by atomic mass is 35.5. The van der Waals surface area contributed by atoms with Gasteiger partial charge in [0, 0.05) is 50.7 Å². The zero-order valence-corrected chi connectivity index (χ0v) is 15.2. The van der Waals surface area contributed by atoms with E-state index in [-0.39, 0.29) is 18.3 Å². The Morgan fingerprint density at radius 3 is 2.52 bits per heavy atom. The summed E-state index contributed by atoms with van der Waals surface area (Å²) in [5.41, 5.74) is 2.00. The van der Waals surface area contributed by atoms with Crippen LogP contribution >= 0.6 is 12.4 Å². The Balaban J connectivity index is 0.00000225. The lowest BCUT2D eigenvalue weighted by atomic mass is 10.1. The number of ether oxygens (including phenoxy) is 1. The maximum absolute atomic E-state index is 12.6. The fraction of sp³-hybridized carbons (Fsp3) is 0.368. The molecule has 25 heavy (non-hydrogen) atoms. The lowest BCUT2D eigenvalue weighted by molar-refractivity contribution is 0.0638. The molecular weight excluding hydrogens is 338 g/mol. The van der Waals surface area contributed by atoms with Crippen molar-refractivity contribution in [1.82, 2.24) is 14.8 Å². The minimum atomic E-state index is 0. The number of aromatic nitrogens is 1. The Morgan fingerprint density at radius 1 is 1.12 bits per heavy atom. The highest BCUT2D eigenvalue weighted by Crippen LogP contribution is 2.15.